The van der Waals surface area contributed by atoms with Crippen LogP contribution in [0.15, 0.2) is 91.4 Å². The molecule has 168 valence electrons. The zero-order valence-corrected chi connectivity index (χ0v) is 18.8. The molecule has 1 aliphatic rings. The molecule has 0 unspecified atom stereocenters. The smallest absolute Gasteiger partial charge is 0.228 e. The number of hydrogen-bond donors (Lipinski definition) is 0. The summed E-state index contributed by atoms with van der Waals surface area (Å²) < 4.78 is 13.6. The molecule has 0 aliphatic carbocycles. The first-order valence-corrected chi connectivity index (χ1v) is 11.3. The Hall–Kier alpha value is -4.78. The van der Waals surface area contributed by atoms with Crippen molar-refractivity contribution in [3.63, 3.8) is 0 Å². The van der Waals surface area contributed by atoms with Crippen LogP contribution in [0.4, 0.5) is 0 Å². The molecule has 7 rings (SSSR count). The molecule has 0 spiro atoms. The number of benzene rings is 3. The quantitative estimate of drug-likeness (QED) is 0.342. The van der Waals surface area contributed by atoms with Gasteiger partial charge >= 0.3 is 0 Å². The minimum Gasteiger partial charge on any atom is -0.497 e. The summed E-state index contributed by atoms with van der Waals surface area (Å²) in [5.41, 5.74) is 4.40. The molecular weight excluding hydrogens is 438 g/mol. The number of pyridine rings is 1. The van der Waals surface area contributed by atoms with Gasteiger partial charge in [-0.1, -0.05) is 54.6 Å². The summed E-state index contributed by atoms with van der Waals surface area (Å²) in [4.78, 5) is 14.0. The molecule has 0 saturated carbocycles. The maximum Gasteiger partial charge on any atom is 0.228 e. The van der Waals surface area contributed by atoms with Crippen molar-refractivity contribution < 1.29 is 9.47 Å². The maximum absolute atomic E-state index is 6.48. The fraction of sp³-hybridized carbons (Fsp3) is 0.0714. The van der Waals surface area contributed by atoms with Crippen LogP contribution in [0.3, 0.4) is 0 Å². The standard InChI is InChI=1S/C28H19N5O2/c1-34-19-12-9-18(10-13-19)23-21-14-11-17-6-2-3-7-20(17)25(21)35-28-24(23)27-31-26(32-33(27)16-30-28)22-8-4-5-15-29-22/h2-16,23H,1H3/t23-/m1/s1. The third-order valence-corrected chi connectivity index (χ3v) is 6.44. The van der Waals surface area contributed by atoms with Gasteiger partial charge in [-0.3, -0.25) is 4.98 Å². The fourth-order valence-electron chi connectivity index (χ4n) is 4.79. The van der Waals surface area contributed by atoms with Gasteiger partial charge in [-0.25, -0.2) is 14.5 Å². The Bertz CT molecular complexity index is 1710. The SMILES string of the molecule is COc1ccc([C@@H]2c3ccc4ccccc4c3Oc3ncn4nc(-c5ccccn5)nc4c32)cc1. The second-order valence-electron chi connectivity index (χ2n) is 8.40. The van der Waals surface area contributed by atoms with Crippen molar-refractivity contribution in [1.82, 2.24) is 24.6 Å². The minimum absolute atomic E-state index is 0.152. The lowest BCUT2D eigenvalue weighted by Crippen LogP contribution is -2.15. The predicted molar refractivity (Wildman–Crippen MR) is 132 cm³/mol. The van der Waals surface area contributed by atoms with E-state index in [2.05, 4.69) is 51.5 Å². The number of nitrogens with zero attached hydrogens (tertiary/aromatic N) is 5. The van der Waals surface area contributed by atoms with Crippen LogP contribution in [0.25, 0.3) is 27.9 Å². The largest absolute Gasteiger partial charge is 0.497 e. The lowest BCUT2D eigenvalue weighted by atomic mass is 9.83. The van der Waals surface area contributed by atoms with E-state index in [-0.39, 0.29) is 5.92 Å². The molecule has 0 N–H and O–H groups in total. The Morgan fingerprint density at radius 1 is 0.886 bits per heavy atom. The predicted octanol–water partition coefficient (Wildman–Crippen LogP) is 5.63. The average Bonchev–Trinajstić information content (AvgIpc) is 3.37. The molecule has 4 heterocycles. The molecule has 1 aliphatic heterocycles. The van der Waals surface area contributed by atoms with Crippen molar-refractivity contribution in [3.8, 4) is 28.9 Å². The molecule has 7 heteroatoms. The Balaban J connectivity index is 1.51. The van der Waals surface area contributed by atoms with Gasteiger partial charge in [0.05, 0.1) is 12.7 Å². The fourth-order valence-corrected chi connectivity index (χ4v) is 4.79. The van der Waals surface area contributed by atoms with E-state index in [1.807, 2.05) is 42.5 Å². The average molecular weight is 457 g/mol. The maximum atomic E-state index is 6.48. The molecule has 0 radical (unpaired) electrons. The molecule has 3 aromatic carbocycles. The number of hydrogen-bond acceptors (Lipinski definition) is 6. The summed E-state index contributed by atoms with van der Waals surface area (Å²) in [6.45, 7) is 0. The molecule has 0 amide bonds. The van der Waals surface area contributed by atoms with Crippen LogP contribution in [-0.4, -0.2) is 31.7 Å². The molecule has 35 heavy (non-hydrogen) atoms. The molecule has 0 saturated heterocycles. The van der Waals surface area contributed by atoms with Crippen LogP contribution in [0.2, 0.25) is 0 Å². The van der Waals surface area contributed by atoms with Crippen molar-refractivity contribution in [2.45, 2.75) is 5.92 Å². The van der Waals surface area contributed by atoms with E-state index < -0.39 is 0 Å². The van der Waals surface area contributed by atoms with Crippen molar-refractivity contribution in [2.24, 2.45) is 0 Å². The summed E-state index contributed by atoms with van der Waals surface area (Å²) in [7, 11) is 1.67. The van der Waals surface area contributed by atoms with E-state index >= 15 is 0 Å². The lowest BCUT2D eigenvalue weighted by molar-refractivity contribution is 0.414. The van der Waals surface area contributed by atoms with Gasteiger partial charge in [0, 0.05) is 23.1 Å². The highest BCUT2D eigenvalue weighted by Crippen LogP contribution is 2.50. The first-order chi connectivity index (χ1) is 17.3. The minimum atomic E-state index is -0.152. The topological polar surface area (TPSA) is 74.4 Å². The highest BCUT2D eigenvalue weighted by molar-refractivity contribution is 5.91. The summed E-state index contributed by atoms with van der Waals surface area (Å²) in [5.74, 6) is 2.54. The Kier molecular flexibility index (Phi) is 4.29. The number of ether oxygens (including phenoxy) is 2. The second-order valence-corrected chi connectivity index (χ2v) is 8.40. The number of rotatable bonds is 3. The summed E-state index contributed by atoms with van der Waals surface area (Å²) in [6, 6.07) is 26.3. The van der Waals surface area contributed by atoms with Gasteiger partial charge in [-0.2, -0.15) is 0 Å². The summed E-state index contributed by atoms with van der Waals surface area (Å²) >= 11 is 0. The van der Waals surface area contributed by atoms with Crippen LogP contribution in [0.5, 0.6) is 17.4 Å². The van der Waals surface area contributed by atoms with Gasteiger partial charge in [0.15, 0.2) is 5.65 Å². The second kappa shape index (κ2) is 7.63. The normalized spacial score (nSPS) is 14.4. The van der Waals surface area contributed by atoms with E-state index in [0.29, 0.717) is 23.0 Å². The molecule has 0 bridgehead atoms. The van der Waals surface area contributed by atoms with Gasteiger partial charge in [-0.15, -0.1) is 5.10 Å². The Labute approximate surface area is 200 Å². The Morgan fingerprint density at radius 2 is 1.74 bits per heavy atom. The van der Waals surface area contributed by atoms with Crippen molar-refractivity contribution in [2.75, 3.05) is 7.11 Å². The molecular formula is C28H19N5O2. The van der Waals surface area contributed by atoms with Crippen LogP contribution in [0.1, 0.15) is 22.6 Å². The van der Waals surface area contributed by atoms with E-state index in [1.54, 1.807) is 24.1 Å². The first-order valence-electron chi connectivity index (χ1n) is 11.3. The van der Waals surface area contributed by atoms with E-state index in [4.69, 9.17) is 14.5 Å². The highest BCUT2D eigenvalue weighted by atomic mass is 16.5. The van der Waals surface area contributed by atoms with Crippen molar-refractivity contribution in [3.05, 3.63) is 108 Å². The van der Waals surface area contributed by atoms with E-state index in [1.165, 1.54) is 0 Å². The van der Waals surface area contributed by atoms with Crippen molar-refractivity contribution in [1.29, 1.82) is 0 Å². The van der Waals surface area contributed by atoms with Gasteiger partial charge in [0.1, 0.15) is 23.5 Å². The summed E-state index contributed by atoms with van der Waals surface area (Å²) in [5, 5.41) is 6.82. The third-order valence-electron chi connectivity index (χ3n) is 6.44. The first kappa shape index (κ1) is 19.7. The molecule has 6 aromatic rings. The third kappa shape index (κ3) is 3.05. The lowest BCUT2D eigenvalue weighted by Gasteiger charge is -2.28. The zero-order valence-electron chi connectivity index (χ0n) is 18.8. The van der Waals surface area contributed by atoms with E-state index in [9.17, 15) is 0 Å². The number of aromatic nitrogens is 5. The van der Waals surface area contributed by atoms with Crippen LogP contribution in [0, 0.1) is 0 Å². The molecule has 0 fully saturated rings. The summed E-state index contributed by atoms with van der Waals surface area (Å²) in [6.07, 6.45) is 3.38. The highest BCUT2D eigenvalue weighted by Gasteiger charge is 2.34. The molecule has 7 nitrogen and oxygen atoms in total. The van der Waals surface area contributed by atoms with Crippen LogP contribution >= 0.6 is 0 Å². The van der Waals surface area contributed by atoms with Gasteiger partial charge in [0.25, 0.3) is 0 Å². The van der Waals surface area contributed by atoms with Crippen LogP contribution < -0.4 is 9.47 Å². The molecule has 1 atom stereocenters. The Morgan fingerprint density at radius 3 is 2.57 bits per heavy atom. The van der Waals surface area contributed by atoms with Crippen LogP contribution in [-0.2, 0) is 0 Å². The van der Waals surface area contributed by atoms with E-state index in [0.717, 1.165) is 39.0 Å². The number of methoxy groups -OCH3 is 1. The number of fused-ring (bicyclic) bond motifs is 6. The van der Waals surface area contributed by atoms with Crippen molar-refractivity contribution >= 4 is 16.4 Å². The van der Waals surface area contributed by atoms with Gasteiger partial charge in [0.2, 0.25) is 11.7 Å². The monoisotopic (exact) mass is 457 g/mol. The van der Waals surface area contributed by atoms with Gasteiger partial charge in [-0.05, 0) is 35.2 Å². The zero-order chi connectivity index (χ0) is 23.4. The molecule has 3 aromatic heterocycles. The van der Waals surface area contributed by atoms with Gasteiger partial charge < -0.3 is 9.47 Å².